The van der Waals surface area contributed by atoms with E-state index in [2.05, 4.69) is 19.6 Å². The number of primary amides is 1. The first-order valence-electron chi connectivity index (χ1n) is 9.21. The van der Waals surface area contributed by atoms with E-state index < -0.39 is 5.91 Å². The first-order valence-corrected chi connectivity index (χ1v) is 9.21. The van der Waals surface area contributed by atoms with Crippen LogP contribution in [0.5, 0.6) is 0 Å². The second-order valence-corrected chi connectivity index (χ2v) is 6.98. The molecule has 4 heterocycles. The van der Waals surface area contributed by atoms with E-state index in [1.807, 2.05) is 43.3 Å². The van der Waals surface area contributed by atoms with Crippen LogP contribution in [0.3, 0.4) is 0 Å². The molecule has 0 atom stereocenters. The smallest absolute Gasteiger partial charge is 0.268 e. The Morgan fingerprint density at radius 1 is 1.14 bits per heavy atom. The van der Waals surface area contributed by atoms with E-state index >= 15 is 0 Å². The quantitative estimate of drug-likeness (QED) is 0.598. The highest BCUT2D eigenvalue weighted by atomic mass is 16.1. The van der Waals surface area contributed by atoms with Crippen molar-refractivity contribution in [2.24, 2.45) is 5.73 Å². The maximum atomic E-state index is 11.5. The summed E-state index contributed by atoms with van der Waals surface area (Å²) in [5.74, 6) is -0.587. The summed E-state index contributed by atoms with van der Waals surface area (Å²) in [6.45, 7) is 2.89. The normalized spacial score (nSPS) is 13.0. The van der Waals surface area contributed by atoms with Gasteiger partial charge in [-0.3, -0.25) is 19.4 Å². The number of pyridine rings is 1. The van der Waals surface area contributed by atoms with Crippen LogP contribution in [0.15, 0.2) is 42.6 Å². The van der Waals surface area contributed by atoms with Gasteiger partial charge < -0.3 is 5.73 Å². The minimum Gasteiger partial charge on any atom is -0.364 e. The zero-order valence-corrected chi connectivity index (χ0v) is 15.4. The molecule has 2 N–H and O–H groups in total. The summed E-state index contributed by atoms with van der Waals surface area (Å²) < 4.78 is 2.07. The Morgan fingerprint density at radius 2 is 2.04 bits per heavy atom. The number of nitrogens with two attached hydrogens (primary N) is 1. The number of rotatable bonds is 3. The van der Waals surface area contributed by atoms with Gasteiger partial charge in [-0.1, -0.05) is 12.1 Å². The molecule has 1 aliphatic rings. The van der Waals surface area contributed by atoms with E-state index in [0.717, 1.165) is 47.6 Å². The molecule has 5 rings (SSSR count). The number of carbonyl (C=O) groups is 1. The number of benzene rings is 1. The summed E-state index contributed by atoms with van der Waals surface area (Å²) >= 11 is 0. The molecule has 0 aliphatic carbocycles. The van der Waals surface area contributed by atoms with Crippen LogP contribution in [0.2, 0.25) is 0 Å². The number of aryl methyl sites for hydroxylation is 2. The van der Waals surface area contributed by atoms with Gasteiger partial charge in [-0.05, 0) is 49.6 Å². The number of fused-ring (bicyclic) bond motifs is 2. The standard InChI is InChI=1S/C21H18N6O/c1-12-4-2-5-15(24-12)20-19(18-6-3-9-27(18)26-20)13-7-8-14-16(10-13)25-17(11-23-14)21(22)28/h2,4-5,7-8,10-11H,3,6,9H2,1H3,(H2,22,28). The second kappa shape index (κ2) is 6.23. The lowest BCUT2D eigenvalue weighted by Crippen LogP contribution is -2.13. The van der Waals surface area contributed by atoms with Crippen molar-refractivity contribution in [1.29, 1.82) is 0 Å². The minimum atomic E-state index is -0.587. The summed E-state index contributed by atoms with van der Waals surface area (Å²) in [7, 11) is 0. The van der Waals surface area contributed by atoms with Crippen molar-refractivity contribution in [2.75, 3.05) is 0 Å². The zero-order valence-electron chi connectivity index (χ0n) is 15.4. The van der Waals surface area contributed by atoms with Crippen LogP contribution in [0, 0.1) is 6.92 Å². The van der Waals surface area contributed by atoms with Gasteiger partial charge in [0.15, 0.2) is 0 Å². The Balaban J connectivity index is 1.73. The topological polar surface area (TPSA) is 99.6 Å². The van der Waals surface area contributed by atoms with E-state index in [0.29, 0.717) is 11.0 Å². The molecule has 0 unspecified atom stereocenters. The largest absolute Gasteiger partial charge is 0.364 e. The fraction of sp³-hybridized carbons (Fsp3) is 0.190. The molecule has 138 valence electrons. The molecule has 0 saturated carbocycles. The first-order chi connectivity index (χ1) is 13.6. The van der Waals surface area contributed by atoms with Crippen molar-refractivity contribution in [1.82, 2.24) is 24.7 Å². The first kappa shape index (κ1) is 16.6. The molecule has 0 fully saturated rings. The highest BCUT2D eigenvalue weighted by molar-refractivity contribution is 5.93. The Hall–Kier alpha value is -3.61. The second-order valence-electron chi connectivity index (χ2n) is 6.98. The van der Waals surface area contributed by atoms with E-state index in [1.165, 1.54) is 11.9 Å². The zero-order chi connectivity index (χ0) is 19.3. The van der Waals surface area contributed by atoms with Gasteiger partial charge in [0, 0.05) is 23.5 Å². The van der Waals surface area contributed by atoms with Gasteiger partial charge in [-0.15, -0.1) is 0 Å². The molecule has 7 nitrogen and oxygen atoms in total. The third kappa shape index (κ3) is 2.63. The summed E-state index contributed by atoms with van der Waals surface area (Å²) in [5.41, 5.74) is 12.8. The minimum absolute atomic E-state index is 0.158. The van der Waals surface area contributed by atoms with E-state index in [9.17, 15) is 4.79 Å². The highest BCUT2D eigenvalue weighted by Crippen LogP contribution is 2.37. The lowest BCUT2D eigenvalue weighted by atomic mass is 9.99. The van der Waals surface area contributed by atoms with Crippen LogP contribution in [-0.2, 0) is 13.0 Å². The number of aromatic nitrogens is 5. The van der Waals surface area contributed by atoms with Crippen LogP contribution < -0.4 is 5.73 Å². The average Bonchev–Trinajstić information content (AvgIpc) is 3.28. The molecule has 0 spiro atoms. The maximum Gasteiger partial charge on any atom is 0.268 e. The number of nitrogens with zero attached hydrogens (tertiary/aromatic N) is 5. The Morgan fingerprint density at radius 3 is 2.86 bits per heavy atom. The summed E-state index contributed by atoms with van der Waals surface area (Å²) in [6, 6.07) is 11.8. The molecular formula is C21H18N6O. The van der Waals surface area contributed by atoms with Crippen LogP contribution in [0.4, 0.5) is 0 Å². The van der Waals surface area contributed by atoms with Gasteiger partial charge in [-0.2, -0.15) is 5.10 Å². The predicted octanol–water partition coefficient (Wildman–Crippen LogP) is 2.91. The molecule has 1 amide bonds. The number of carbonyl (C=O) groups excluding carboxylic acids is 1. The molecule has 28 heavy (non-hydrogen) atoms. The predicted molar refractivity (Wildman–Crippen MR) is 106 cm³/mol. The SMILES string of the molecule is Cc1cccc(-c2nn3c(c2-c2ccc4ncc(C(N)=O)nc4c2)CCC3)n1. The Labute approximate surface area is 161 Å². The average molecular weight is 370 g/mol. The van der Waals surface area contributed by atoms with Crippen molar-refractivity contribution in [3.05, 3.63) is 59.7 Å². The molecule has 1 aliphatic heterocycles. The lowest BCUT2D eigenvalue weighted by molar-refractivity contribution is 0.0995. The molecule has 0 radical (unpaired) electrons. The van der Waals surface area contributed by atoms with E-state index in [1.54, 1.807) is 0 Å². The molecule has 3 aromatic heterocycles. The van der Waals surface area contributed by atoms with Crippen LogP contribution in [0.1, 0.15) is 28.3 Å². The van der Waals surface area contributed by atoms with Gasteiger partial charge >= 0.3 is 0 Å². The van der Waals surface area contributed by atoms with Crippen molar-refractivity contribution >= 4 is 16.9 Å². The molecule has 1 aromatic carbocycles. The maximum absolute atomic E-state index is 11.5. The Bertz CT molecular complexity index is 1240. The summed E-state index contributed by atoms with van der Waals surface area (Å²) in [5, 5.41) is 4.85. The molecular weight excluding hydrogens is 352 g/mol. The van der Waals surface area contributed by atoms with Crippen LogP contribution in [0.25, 0.3) is 33.5 Å². The summed E-state index contributed by atoms with van der Waals surface area (Å²) in [4.78, 5) is 24.8. The van der Waals surface area contributed by atoms with Crippen molar-refractivity contribution in [2.45, 2.75) is 26.3 Å². The number of hydrogen-bond donors (Lipinski definition) is 1. The Kier molecular flexibility index (Phi) is 3.68. The lowest BCUT2D eigenvalue weighted by Gasteiger charge is -2.07. The molecule has 0 saturated heterocycles. The van der Waals surface area contributed by atoms with Crippen molar-refractivity contribution in [3.63, 3.8) is 0 Å². The fourth-order valence-corrected chi connectivity index (χ4v) is 3.78. The van der Waals surface area contributed by atoms with E-state index in [4.69, 9.17) is 10.8 Å². The van der Waals surface area contributed by atoms with Crippen molar-refractivity contribution in [3.8, 4) is 22.5 Å². The summed E-state index contributed by atoms with van der Waals surface area (Å²) in [6.07, 6.45) is 3.46. The third-order valence-electron chi connectivity index (χ3n) is 5.06. The number of hydrogen-bond acceptors (Lipinski definition) is 5. The highest BCUT2D eigenvalue weighted by Gasteiger charge is 2.24. The van der Waals surface area contributed by atoms with Crippen LogP contribution >= 0.6 is 0 Å². The number of amides is 1. The van der Waals surface area contributed by atoms with Crippen LogP contribution in [-0.4, -0.2) is 30.6 Å². The van der Waals surface area contributed by atoms with E-state index in [-0.39, 0.29) is 5.69 Å². The monoisotopic (exact) mass is 370 g/mol. The molecule has 4 aromatic rings. The fourth-order valence-electron chi connectivity index (χ4n) is 3.78. The van der Waals surface area contributed by atoms with Gasteiger partial charge in [-0.25, -0.2) is 4.98 Å². The molecule has 7 heteroatoms. The molecule has 0 bridgehead atoms. The third-order valence-corrected chi connectivity index (χ3v) is 5.06. The van der Waals surface area contributed by atoms with Gasteiger partial charge in [0.2, 0.25) is 0 Å². The van der Waals surface area contributed by atoms with Gasteiger partial charge in [0.1, 0.15) is 11.4 Å². The van der Waals surface area contributed by atoms with Gasteiger partial charge in [0.25, 0.3) is 5.91 Å². The van der Waals surface area contributed by atoms with Gasteiger partial charge in [0.05, 0.1) is 22.9 Å². The van der Waals surface area contributed by atoms with Crippen molar-refractivity contribution < 1.29 is 4.79 Å².